The normalized spacial score (nSPS) is 25.9. The molecule has 0 unspecified atom stereocenters. The minimum absolute atomic E-state index is 0.154. The number of anilines is 1. The SMILES string of the molecule is O=C(N[C@@H]1CO[C@@H]2[C@@H]1OC[C@@H]2n1nnnc1Oc1cccc(N2CCOCC2)c1)c1ccccc1. The smallest absolute Gasteiger partial charge is 0.341 e. The Balaban J connectivity index is 1.14. The molecule has 3 aromatic rings. The van der Waals surface area contributed by atoms with E-state index >= 15 is 0 Å². The molecule has 2 aromatic carbocycles. The maximum Gasteiger partial charge on any atom is 0.341 e. The monoisotopic (exact) mass is 478 g/mol. The molecular weight excluding hydrogens is 452 g/mol. The van der Waals surface area contributed by atoms with E-state index in [1.54, 1.807) is 16.8 Å². The molecule has 11 heteroatoms. The standard InChI is InChI=1S/C24H26N6O5/c31-23(16-5-2-1-3-6-16)25-19-14-33-22-20(15-34-21(19)22)30-24(26-27-28-30)35-18-8-4-7-17(13-18)29-9-11-32-12-10-29/h1-8,13,19-22H,9-12,14-15H2,(H,25,31)/t19-,20+,21-,22+/m1/s1. The van der Waals surface area contributed by atoms with Gasteiger partial charge in [0.2, 0.25) is 0 Å². The number of morpholine rings is 1. The quantitative estimate of drug-likeness (QED) is 0.562. The summed E-state index contributed by atoms with van der Waals surface area (Å²) in [5.41, 5.74) is 1.66. The predicted octanol–water partition coefficient (Wildman–Crippen LogP) is 1.44. The van der Waals surface area contributed by atoms with Gasteiger partial charge < -0.3 is 29.2 Å². The van der Waals surface area contributed by atoms with Crippen molar-refractivity contribution in [1.29, 1.82) is 0 Å². The van der Waals surface area contributed by atoms with Crippen LogP contribution in [0.4, 0.5) is 5.69 Å². The Labute approximate surface area is 201 Å². The number of carbonyl (C=O) groups excluding carboxylic acids is 1. The lowest BCUT2D eigenvalue weighted by atomic mass is 10.1. The Morgan fingerprint density at radius 1 is 1.00 bits per heavy atom. The maximum absolute atomic E-state index is 12.6. The third-order valence-corrected chi connectivity index (χ3v) is 6.56. The summed E-state index contributed by atoms with van der Waals surface area (Å²) in [6, 6.07) is 16.7. The fourth-order valence-electron chi connectivity index (χ4n) is 4.79. The van der Waals surface area contributed by atoms with Gasteiger partial charge in [0.05, 0.1) is 32.5 Å². The topological polar surface area (TPSA) is 113 Å². The van der Waals surface area contributed by atoms with Crippen molar-refractivity contribution in [3.8, 4) is 11.8 Å². The van der Waals surface area contributed by atoms with Gasteiger partial charge in [0.25, 0.3) is 5.91 Å². The summed E-state index contributed by atoms with van der Waals surface area (Å²) in [6.45, 7) is 3.79. The van der Waals surface area contributed by atoms with E-state index in [0.29, 0.717) is 37.7 Å². The van der Waals surface area contributed by atoms with Crippen molar-refractivity contribution < 1.29 is 23.7 Å². The number of benzene rings is 2. The third kappa shape index (κ3) is 4.45. The lowest BCUT2D eigenvalue weighted by Crippen LogP contribution is -2.44. The van der Waals surface area contributed by atoms with E-state index in [2.05, 4.69) is 25.7 Å². The van der Waals surface area contributed by atoms with Crippen LogP contribution in [-0.2, 0) is 14.2 Å². The van der Waals surface area contributed by atoms with Crippen molar-refractivity contribution in [1.82, 2.24) is 25.5 Å². The number of carbonyl (C=O) groups is 1. The van der Waals surface area contributed by atoms with Crippen LogP contribution < -0.4 is 15.0 Å². The average Bonchev–Trinajstić information content (AvgIpc) is 3.63. The molecule has 1 N–H and O–H groups in total. The first-order chi connectivity index (χ1) is 17.3. The number of aromatic nitrogens is 4. The first kappa shape index (κ1) is 22.0. The van der Waals surface area contributed by atoms with Crippen molar-refractivity contribution in [2.24, 2.45) is 0 Å². The Kier molecular flexibility index (Phi) is 6.03. The minimum Gasteiger partial charge on any atom is -0.423 e. The average molecular weight is 479 g/mol. The predicted molar refractivity (Wildman–Crippen MR) is 124 cm³/mol. The highest BCUT2D eigenvalue weighted by Gasteiger charge is 2.50. The summed E-state index contributed by atoms with van der Waals surface area (Å²) in [5, 5.41) is 15.1. The molecule has 0 saturated carbocycles. The number of hydrogen-bond donors (Lipinski definition) is 1. The second kappa shape index (κ2) is 9.61. The number of amides is 1. The molecular formula is C24H26N6O5. The first-order valence-corrected chi connectivity index (χ1v) is 11.7. The second-order valence-corrected chi connectivity index (χ2v) is 8.71. The van der Waals surface area contributed by atoms with Gasteiger partial charge in [0.1, 0.15) is 24.0 Å². The van der Waals surface area contributed by atoms with Gasteiger partial charge in [-0.1, -0.05) is 29.4 Å². The van der Waals surface area contributed by atoms with Crippen LogP contribution in [0.25, 0.3) is 0 Å². The molecule has 0 aliphatic carbocycles. The van der Waals surface area contributed by atoms with E-state index in [9.17, 15) is 4.79 Å². The zero-order valence-electron chi connectivity index (χ0n) is 19.0. The molecule has 3 saturated heterocycles. The molecule has 182 valence electrons. The second-order valence-electron chi connectivity index (χ2n) is 8.71. The fourth-order valence-corrected chi connectivity index (χ4v) is 4.79. The molecule has 3 aliphatic heterocycles. The summed E-state index contributed by atoms with van der Waals surface area (Å²) < 4.78 is 25.2. The summed E-state index contributed by atoms with van der Waals surface area (Å²) in [6.07, 6.45) is -0.601. The van der Waals surface area contributed by atoms with Gasteiger partial charge in [-0.15, -0.1) is 0 Å². The zero-order chi connectivity index (χ0) is 23.6. The number of ether oxygens (including phenoxy) is 4. The van der Waals surface area contributed by atoms with Crippen LogP contribution >= 0.6 is 0 Å². The third-order valence-electron chi connectivity index (χ3n) is 6.56. The highest BCUT2D eigenvalue weighted by molar-refractivity contribution is 5.94. The van der Waals surface area contributed by atoms with Crippen LogP contribution in [0.15, 0.2) is 54.6 Å². The van der Waals surface area contributed by atoms with Crippen LogP contribution in [0.1, 0.15) is 16.4 Å². The Morgan fingerprint density at radius 2 is 1.83 bits per heavy atom. The van der Waals surface area contributed by atoms with Gasteiger partial charge in [-0.25, -0.2) is 0 Å². The van der Waals surface area contributed by atoms with Crippen LogP contribution in [0, 0.1) is 0 Å². The number of fused-ring (bicyclic) bond motifs is 1. The lowest BCUT2D eigenvalue weighted by molar-refractivity contribution is 0.0606. The van der Waals surface area contributed by atoms with Gasteiger partial charge in [-0.05, 0) is 34.7 Å². The summed E-state index contributed by atoms with van der Waals surface area (Å²) >= 11 is 0. The van der Waals surface area contributed by atoms with E-state index in [-0.39, 0.29) is 36.2 Å². The molecule has 0 radical (unpaired) electrons. The van der Waals surface area contributed by atoms with Crippen molar-refractivity contribution in [2.75, 3.05) is 44.4 Å². The summed E-state index contributed by atoms with van der Waals surface area (Å²) in [4.78, 5) is 14.9. The molecule has 1 aromatic heterocycles. The molecule has 1 amide bonds. The van der Waals surface area contributed by atoms with Gasteiger partial charge >= 0.3 is 6.01 Å². The highest BCUT2D eigenvalue weighted by atomic mass is 16.6. The molecule has 0 spiro atoms. The number of nitrogens with zero attached hydrogens (tertiary/aromatic N) is 5. The minimum atomic E-state index is -0.304. The van der Waals surface area contributed by atoms with Crippen LogP contribution in [0.5, 0.6) is 11.8 Å². The largest absolute Gasteiger partial charge is 0.423 e. The van der Waals surface area contributed by atoms with Gasteiger partial charge in [0, 0.05) is 30.4 Å². The molecule has 4 atom stereocenters. The van der Waals surface area contributed by atoms with Crippen molar-refractivity contribution >= 4 is 11.6 Å². The van der Waals surface area contributed by atoms with Crippen LogP contribution in [0.3, 0.4) is 0 Å². The van der Waals surface area contributed by atoms with E-state index in [1.165, 1.54) is 0 Å². The molecule has 3 fully saturated rings. The molecule has 6 rings (SSSR count). The summed E-state index contributed by atoms with van der Waals surface area (Å²) in [7, 11) is 0. The van der Waals surface area contributed by atoms with Gasteiger partial charge in [-0.2, -0.15) is 4.68 Å². The molecule has 0 bridgehead atoms. The van der Waals surface area contributed by atoms with E-state index in [0.717, 1.165) is 18.8 Å². The molecule has 4 heterocycles. The van der Waals surface area contributed by atoms with E-state index in [4.69, 9.17) is 18.9 Å². The number of nitrogens with one attached hydrogen (secondary N) is 1. The highest BCUT2D eigenvalue weighted by Crippen LogP contribution is 2.36. The molecule has 35 heavy (non-hydrogen) atoms. The Bertz CT molecular complexity index is 1170. The van der Waals surface area contributed by atoms with Gasteiger partial charge in [-0.3, -0.25) is 4.79 Å². The zero-order valence-corrected chi connectivity index (χ0v) is 19.0. The molecule has 11 nitrogen and oxygen atoms in total. The fraction of sp³-hybridized carbons (Fsp3) is 0.417. The van der Waals surface area contributed by atoms with E-state index < -0.39 is 0 Å². The van der Waals surface area contributed by atoms with Gasteiger partial charge in [0.15, 0.2) is 0 Å². The van der Waals surface area contributed by atoms with Crippen molar-refractivity contribution in [2.45, 2.75) is 24.3 Å². The summed E-state index contributed by atoms with van der Waals surface area (Å²) in [5.74, 6) is 0.486. The van der Waals surface area contributed by atoms with Crippen molar-refractivity contribution in [3.63, 3.8) is 0 Å². The molecule has 3 aliphatic rings. The maximum atomic E-state index is 12.6. The van der Waals surface area contributed by atoms with Crippen LogP contribution in [-0.4, -0.2) is 83.9 Å². The Morgan fingerprint density at radius 3 is 2.69 bits per heavy atom. The number of tetrazole rings is 1. The number of hydrogen-bond acceptors (Lipinski definition) is 9. The first-order valence-electron chi connectivity index (χ1n) is 11.7. The van der Waals surface area contributed by atoms with Crippen molar-refractivity contribution in [3.05, 3.63) is 60.2 Å². The Hall–Kier alpha value is -3.54. The number of rotatable bonds is 6. The van der Waals surface area contributed by atoms with Crippen LogP contribution in [0.2, 0.25) is 0 Å². The lowest BCUT2D eigenvalue weighted by Gasteiger charge is -2.29. The van der Waals surface area contributed by atoms with E-state index in [1.807, 2.05) is 42.5 Å².